The number of halogens is 1. The second-order valence-corrected chi connectivity index (χ2v) is 8.80. The SMILES string of the molecule is CCN(C1CCN(C(=O)[C@@H](N)C(C)(C)C)CC1)S(C)(=O)=O.Cl. The van der Waals surface area contributed by atoms with Crippen LogP contribution in [0.15, 0.2) is 0 Å². The van der Waals surface area contributed by atoms with Gasteiger partial charge in [-0.3, -0.25) is 4.79 Å². The van der Waals surface area contributed by atoms with Crippen LogP contribution in [-0.4, -0.2) is 61.5 Å². The highest BCUT2D eigenvalue weighted by molar-refractivity contribution is 7.88. The van der Waals surface area contributed by atoms with Crippen molar-refractivity contribution in [3.63, 3.8) is 0 Å². The van der Waals surface area contributed by atoms with Crippen molar-refractivity contribution in [1.82, 2.24) is 9.21 Å². The summed E-state index contributed by atoms with van der Waals surface area (Å²) in [5.41, 5.74) is 5.75. The average Bonchev–Trinajstić information content (AvgIpc) is 2.36. The number of hydrogen-bond donors (Lipinski definition) is 1. The quantitative estimate of drug-likeness (QED) is 0.817. The number of hydrogen-bond acceptors (Lipinski definition) is 4. The lowest BCUT2D eigenvalue weighted by Crippen LogP contribution is -2.54. The number of carbonyl (C=O) groups excluding carboxylic acids is 1. The van der Waals surface area contributed by atoms with Gasteiger partial charge in [-0.2, -0.15) is 4.31 Å². The Morgan fingerprint density at radius 1 is 1.32 bits per heavy atom. The van der Waals surface area contributed by atoms with E-state index in [-0.39, 0.29) is 29.8 Å². The summed E-state index contributed by atoms with van der Waals surface area (Å²) in [7, 11) is -3.19. The molecule has 0 radical (unpaired) electrons. The van der Waals surface area contributed by atoms with Crippen molar-refractivity contribution in [3.05, 3.63) is 0 Å². The van der Waals surface area contributed by atoms with E-state index < -0.39 is 16.1 Å². The zero-order valence-electron chi connectivity index (χ0n) is 14.2. The topological polar surface area (TPSA) is 83.7 Å². The lowest BCUT2D eigenvalue weighted by molar-refractivity contribution is -0.136. The Balaban J connectivity index is 0.00000441. The number of likely N-dealkylation sites (tertiary alicyclic amines) is 1. The Hall–Kier alpha value is -0.370. The van der Waals surface area contributed by atoms with E-state index in [4.69, 9.17) is 5.73 Å². The molecule has 132 valence electrons. The third kappa shape index (κ3) is 5.37. The van der Waals surface area contributed by atoms with E-state index in [1.165, 1.54) is 10.6 Å². The fourth-order valence-corrected chi connectivity index (χ4v) is 3.93. The Kier molecular flexibility index (Phi) is 7.81. The van der Waals surface area contributed by atoms with Gasteiger partial charge in [0.05, 0.1) is 12.3 Å². The molecule has 0 saturated carbocycles. The molecular weight excluding hydrogens is 326 g/mol. The molecule has 1 aliphatic rings. The third-order valence-corrected chi connectivity index (χ3v) is 5.53. The summed E-state index contributed by atoms with van der Waals surface area (Å²) in [6.07, 6.45) is 2.58. The van der Waals surface area contributed by atoms with Crippen molar-refractivity contribution in [2.45, 2.75) is 52.6 Å². The summed E-state index contributed by atoms with van der Waals surface area (Å²) in [6, 6.07) is -0.536. The van der Waals surface area contributed by atoms with E-state index in [2.05, 4.69) is 0 Å². The summed E-state index contributed by atoms with van der Waals surface area (Å²) < 4.78 is 25.0. The van der Waals surface area contributed by atoms with Gasteiger partial charge in [0.25, 0.3) is 0 Å². The van der Waals surface area contributed by atoms with Crippen LogP contribution < -0.4 is 5.73 Å². The van der Waals surface area contributed by atoms with Gasteiger partial charge in [-0.05, 0) is 18.3 Å². The Labute approximate surface area is 140 Å². The third-order valence-electron chi connectivity index (χ3n) is 4.12. The van der Waals surface area contributed by atoms with Crippen LogP contribution in [0, 0.1) is 5.41 Å². The molecule has 22 heavy (non-hydrogen) atoms. The van der Waals surface area contributed by atoms with Crippen molar-refractivity contribution in [2.75, 3.05) is 25.9 Å². The van der Waals surface area contributed by atoms with Crippen LogP contribution in [0.1, 0.15) is 40.5 Å². The van der Waals surface area contributed by atoms with E-state index in [9.17, 15) is 13.2 Å². The van der Waals surface area contributed by atoms with E-state index in [0.29, 0.717) is 32.5 Å². The maximum atomic E-state index is 12.4. The van der Waals surface area contributed by atoms with Crippen LogP contribution in [0.4, 0.5) is 0 Å². The second-order valence-electron chi connectivity index (χ2n) is 6.87. The zero-order valence-corrected chi connectivity index (χ0v) is 15.8. The van der Waals surface area contributed by atoms with Crippen molar-refractivity contribution >= 4 is 28.3 Å². The number of amides is 1. The Morgan fingerprint density at radius 2 is 1.77 bits per heavy atom. The Morgan fingerprint density at radius 3 is 2.09 bits per heavy atom. The molecule has 0 aromatic rings. The van der Waals surface area contributed by atoms with Gasteiger partial charge in [0, 0.05) is 25.7 Å². The van der Waals surface area contributed by atoms with Gasteiger partial charge in [-0.25, -0.2) is 8.42 Å². The highest BCUT2D eigenvalue weighted by atomic mass is 35.5. The minimum absolute atomic E-state index is 0. The first-order chi connectivity index (χ1) is 9.48. The summed E-state index contributed by atoms with van der Waals surface area (Å²) in [6.45, 7) is 9.30. The molecule has 0 unspecified atom stereocenters. The van der Waals surface area contributed by atoms with Gasteiger partial charge < -0.3 is 10.6 Å². The second kappa shape index (κ2) is 7.95. The monoisotopic (exact) mass is 355 g/mol. The molecule has 0 aromatic carbocycles. The molecule has 0 bridgehead atoms. The van der Waals surface area contributed by atoms with Gasteiger partial charge in [-0.15, -0.1) is 12.4 Å². The number of rotatable bonds is 4. The highest BCUT2D eigenvalue weighted by Gasteiger charge is 2.35. The van der Waals surface area contributed by atoms with Crippen LogP contribution >= 0.6 is 12.4 Å². The van der Waals surface area contributed by atoms with Crippen LogP contribution in [0.3, 0.4) is 0 Å². The minimum Gasteiger partial charge on any atom is -0.341 e. The van der Waals surface area contributed by atoms with E-state index in [1.54, 1.807) is 4.90 Å². The minimum atomic E-state index is -3.19. The fourth-order valence-electron chi connectivity index (χ4n) is 2.70. The predicted octanol–water partition coefficient (Wildman–Crippen LogP) is 1.05. The van der Waals surface area contributed by atoms with Crippen LogP contribution in [0.5, 0.6) is 0 Å². The maximum absolute atomic E-state index is 12.4. The largest absolute Gasteiger partial charge is 0.341 e. The molecule has 1 saturated heterocycles. The smallest absolute Gasteiger partial charge is 0.240 e. The number of nitrogens with zero attached hydrogens (tertiary/aromatic N) is 2. The molecule has 1 rings (SSSR count). The van der Waals surface area contributed by atoms with Crippen LogP contribution in [0.25, 0.3) is 0 Å². The molecule has 0 aliphatic carbocycles. The zero-order chi connectivity index (χ0) is 16.4. The van der Waals surface area contributed by atoms with Crippen molar-refractivity contribution < 1.29 is 13.2 Å². The first-order valence-electron chi connectivity index (χ1n) is 7.49. The predicted molar refractivity (Wildman–Crippen MR) is 91.5 cm³/mol. The van der Waals surface area contributed by atoms with Gasteiger partial charge in [0.2, 0.25) is 15.9 Å². The fraction of sp³-hybridized carbons (Fsp3) is 0.929. The van der Waals surface area contributed by atoms with Crippen molar-refractivity contribution in [3.8, 4) is 0 Å². The molecule has 1 heterocycles. The van der Waals surface area contributed by atoms with E-state index in [0.717, 1.165) is 0 Å². The first kappa shape index (κ1) is 21.6. The lowest BCUT2D eigenvalue weighted by Gasteiger charge is -2.39. The highest BCUT2D eigenvalue weighted by Crippen LogP contribution is 2.23. The molecule has 0 aromatic heterocycles. The normalized spacial score (nSPS) is 19.0. The molecule has 6 nitrogen and oxygen atoms in total. The lowest BCUT2D eigenvalue weighted by atomic mass is 9.86. The van der Waals surface area contributed by atoms with Gasteiger partial charge in [0.1, 0.15) is 0 Å². The van der Waals surface area contributed by atoms with Crippen molar-refractivity contribution in [2.24, 2.45) is 11.1 Å². The number of piperidine rings is 1. The molecule has 1 amide bonds. The van der Waals surface area contributed by atoms with Crippen molar-refractivity contribution in [1.29, 1.82) is 0 Å². The molecule has 8 heteroatoms. The molecule has 1 atom stereocenters. The first-order valence-corrected chi connectivity index (χ1v) is 9.34. The molecule has 1 aliphatic heterocycles. The van der Waals surface area contributed by atoms with Crippen LogP contribution in [0.2, 0.25) is 0 Å². The summed E-state index contributed by atoms with van der Waals surface area (Å²) in [5.74, 6) is -0.0386. The molecule has 0 spiro atoms. The summed E-state index contributed by atoms with van der Waals surface area (Å²) >= 11 is 0. The number of sulfonamides is 1. The van der Waals surface area contributed by atoms with Crippen LogP contribution in [-0.2, 0) is 14.8 Å². The van der Waals surface area contributed by atoms with Gasteiger partial charge in [0.15, 0.2) is 0 Å². The summed E-state index contributed by atoms with van der Waals surface area (Å²) in [5, 5.41) is 0. The van der Waals surface area contributed by atoms with Gasteiger partial charge in [-0.1, -0.05) is 27.7 Å². The maximum Gasteiger partial charge on any atom is 0.240 e. The average molecular weight is 356 g/mol. The standard InChI is InChI=1S/C14H29N3O3S.ClH/c1-6-17(21(5,19)20)11-7-9-16(10-8-11)13(18)12(15)14(2,3)4;/h11-12H,6-10,15H2,1-5H3;1H/t12-;/m1./s1. The van der Waals surface area contributed by atoms with E-state index >= 15 is 0 Å². The molecule has 1 fully saturated rings. The van der Waals surface area contributed by atoms with Gasteiger partial charge >= 0.3 is 0 Å². The molecular formula is C14H30ClN3O3S. The number of nitrogens with two attached hydrogens (primary N) is 1. The molecule has 2 N–H and O–H groups in total. The number of carbonyl (C=O) groups is 1. The van der Waals surface area contributed by atoms with E-state index in [1.807, 2.05) is 27.7 Å². The Bertz CT molecular complexity index is 468. The summed E-state index contributed by atoms with van der Waals surface area (Å²) in [4.78, 5) is 14.1.